The summed E-state index contributed by atoms with van der Waals surface area (Å²) in [7, 11) is -0.611. The second-order valence-electron chi connectivity index (χ2n) is 23.8. The molecule has 7 aromatic rings. The summed E-state index contributed by atoms with van der Waals surface area (Å²) in [4.78, 5) is 79.0. The van der Waals surface area contributed by atoms with Gasteiger partial charge in [0.1, 0.15) is 17.7 Å². The highest BCUT2D eigenvalue weighted by Crippen LogP contribution is 2.35. The van der Waals surface area contributed by atoms with Gasteiger partial charge in [-0.25, -0.2) is 32.5 Å². The first-order chi connectivity index (χ1) is 42.9. The van der Waals surface area contributed by atoms with Crippen molar-refractivity contribution in [3.8, 4) is 33.9 Å². The number of hydrogen-bond donors (Lipinski definition) is 8. The number of benzene rings is 5. The fourth-order valence-electron chi connectivity index (χ4n) is 11.1. The monoisotopic (exact) mass is 1310 g/mol. The maximum absolute atomic E-state index is 14.1. The van der Waals surface area contributed by atoms with E-state index >= 15 is 0 Å². The Bertz CT molecular complexity index is 3700. The number of alkyl carbamates (subject to hydrolysis) is 1. The summed E-state index contributed by atoms with van der Waals surface area (Å²) in [6.07, 6.45) is 4.39. The molecular formula is C63H76BrN15O10S. The van der Waals surface area contributed by atoms with Crippen LogP contribution in [0.2, 0.25) is 0 Å². The van der Waals surface area contributed by atoms with Gasteiger partial charge in [0, 0.05) is 78.8 Å². The van der Waals surface area contributed by atoms with Crippen LogP contribution < -0.4 is 31.9 Å². The number of ether oxygens (including phenoxy) is 1. The molecule has 5 aromatic carbocycles. The molecular weight excluding hydrogens is 1240 g/mol. The molecule has 2 atom stereocenters. The number of anilines is 2. The number of nitrogens with two attached hydrogens (primary N) is 1. The zero-order valence-corrected chi connectivity index (χ0v) is 53.4. The third kappa shape index (κ3) is 18.6. The second-order valence-corrected chi connectivity index (χ2v) is 26.9. The summed E-state index contributed by atoms with van der Waals surface area (Å²) in [5, 5.41) is 47.8. The number of carboxylic acid groups (broad SMARTS) is 1. The minimum Gasteiger partial charge on any atom is -0.465 e. The Morgan fingerprint density at radius 2 is 1.28 bits per heavy atom. The molecule has 2 saturated carbocycles. The second kappa shape index (κ2) is 30.5. The number of hydrogen-bond acceptors (Lipinski definition) is 15. The van der Waals surface area contributed by atoms with Crippen LogP contribution in [0.1, 0.15) is 88.8 Å². The Morgan fingerprint density at radius 3 is 1.81 bits per heavy atom. The van der Waals surface area contributed by atoms with Crippen molar-refractivity contribution in [1.82, 2.24) is 61.5 Å². The van der Waals surface area contributed by atoms with Gasteiger partial charge in [-0.15, -0.1) is 10.2 Å². The van der Waals surface area contributed by atoms with Gasteiger partial charge in [-0.2, -0.15) is 0 Å². The highest BCUT2D eigenvalue weighted by atomic mass is 79.9. The zero-order chi connectivity index (χ0) is 64.7. The molecule has 0 unspecified atom stereocenters. The van der Waals surface area contributed by atoms with E-state index in [0.717, 1.165) is 56.3 Å². The molecule has 0 spiro atoms. The number of aromatic amines is 2. The molecule has 0 saturated heterocycles. The molecule has 2 heterocycles. The van der Waals surface area contributed by atoms with Gasteiger partial charge in [-0.05, 0) is 212 Å². The first-order valence-corrected chi connectivity index (χ1v) is 31.9. The van der Waals surface area contributed by atoms with Crippen LogP contribution in [0.3, 0.4) is 0 Å². The van der Waals surface area contributed by atoms with Crippen molar-refractivity contribution < 1.29 is 47.0 Å². The lowest BCUT2D eigenvalue weighted by Gasteiger charge is -2.36. The van der Waals surface area contributed by atoms with Crippen LogP contribution in [0.4, 0.5) is 21.0 Å². The number of halogens is 1. The number of aromatic nitrogens is 8. The Hall–Kier alpha value is -8.95. The first-order valence-electron chi connectivity index (χ1n) is 29.6. The SMILES string of the molecule is CC(C)(C)OC(=O)NC[C@H]1CC[C@H](C(=O)N(c2ccc(-c3nnn[nH]3)cc2)[C@@H](Cc2cccc(Br)c2)C(N)=O)CC1.Cc1cc(S(=O)(=O)N(C)C)ccc1-c1cccc(C[C@H](NC(=O)[C@H]2CC[C@H](CNC(=O)O)CC2)C(=O)Nc2ccc(-c3nnn[nH]3)cc2)c1. The number of nitrogens with one attached hydrogen (secondary N) is 6. The van der Waals surface area contributed by atoms with Gasteiger partial charge in [0.2, 0.25) is 33.7 Å². The minimum absolute atomic E-state index is 0.142. The van der Waals surface area contributed by atoms with E-state index in [1.807, 2.05) is 76.2 Å². The molecule has 2 aliphatic rings. The smallest absolute Gasteiger partial charge is 0.407 e. The Balaban J connectivity index is 0.000000236. The topological polar surface area (TPSA) is 356 Å². The number of aryl methyl sites for hydroxylation is 1. The summed E-state index contributed by atoms with van der Waals surface area (Å²) in [6.45, 7) is 8.16. The molecule has 90 heavy (non-hydrogen) atoms. The molecule has 0 aliphatic heterocycles. The minimum atomic E-state index is -3.59. The van der Waals surface area contributed by atoms with Crippen LogP contribution in [0.15, 0.2) is 125 Å². The van der Waals surface area contributed by atoms with E-state index in [1.54, 1.807) is 71.6 Å². The molecule has 476 valence electrons. The molecule has 6 amide bonds. The molecule has 2 aliphatic carbocycles. The number of carbonyl (C=O) groups excluding carboxylic acids is 5. The van der Waals surface area contributed by atoms with Gasteiger partial charge in [0.25, 0.3) is 0 Å². The third-order valence-corrected chi connectivity index (χ3v) is 18.2. The molecule has 0 bridgehead atoms. The predicted octanol–water partition coefficient (Wildman–Crippen LogP) is 8.22. The lowest BCUT2D eigenvalue weighted by Crippen LogP contribution is -2.52. The average Bonchev–Trinajstić information content (AvgIpc) is 0.981. The van der Waals surface area contributed by atoms with Gasteiger partial charge in [0.05, 0.1) is 4.90 Å². The molecule has 2 fully saturated rings. The van der Waals surface area contributed by atoms with E-state index in [9.17, 15) is 37.2 Å². The number of primary amides is 1. The summed E-state index contributed by atoms with van der Waals surface area (Å²) in [5.41, 5.74) is 12.1. The van der Waals surface area contributed by atoms with E-state index in [1.165, 1.54) is 18.4 Å². The Kier molecular flexibility index (Phi) is 22.7. The summed E-state index contributed by atoms with van der Waals surface area (Å²) >= 11 is 3.48. The van der Waals surface area contributed by atoms with E-state index < -0.39 is 45.8 Å². The van der Waals surface area contributed by atoms with Gasteiger partial charge in [-0.3, -0.25) is 24.1 Å². The van der Waals surface area contributed by atoms with Crippen molar-refractivity contribution in [2.45, 2.75) is 114 Å². The zero-order valence-electron chi connectivity index (χ0n) is 51.0. The summed E-state index contributed by atoms with van der Waals surface area (Å²) in [6, 6.07) is 32.6. The van der Waals surface area contributed by atoms with E-state index in [0.29, 0.717) is 74.6 Å². The van der Waals surface area contributed by atoms with Gasteiger partial charge < -0.3 is 36.8 Å². The maximum atomic E-state index is 14.1. The van der Waals surface area contributed by atoms with E-state index in [2.05, 4.69) is 78.4 Å². The van der Waals surface area contributed by atoms with Gasteiger partial charge in [0.15, 0.2) is 11.6 Å². The molecule has 2 aromatic heterocycles. The molecule has 25 nitrogen and oxygen atoms in total. The lowest BCUT2D eigenvalue weighted by atomic mass is 9.81. The van der Waals surface area contributed by atoms with Crippen molar-refractivity contribution in [3.05, 3.63) is 136 Å². The standard InChI is InChI=1S/C34H40N8O6S.C29H36BrN7O4/c1-21-17-28(49(47,48)42(2)3)15-16-29(21)26-6-4-5-23(18-26)19-30(37-32(43)25-9-7-22(8-10-25)20-35-34(45)46)33(44)36-27-13-11-24(12-14-27)31-38-40-41-39-31;1-29(2,3)41-28(40)32-17-18-7-9-21(10-8-18)27(39)37(23-13-11-20(12-14-23)26-33-35-36-34-26)24(25(31)38)16-19-5-4-6-22(30)15-19/h4-6,11-18,22,25,30,35H,7-10,19-20H2,1-3H3,(H,36,44)(H,37,43)(H,45,46)(H,38,39,40,41);4-6,11-15,18,21,24H,7-10,16-17H2,1-3H3,(H2,31,38)(H,32,40)(H,33,34,35,36)/t22-,25-,30-;18-,21-,24-/m00/s1. The highest BCUT2D eigenvalue weighted by Gasteiger charge is 2.37. The highest BCUT2D eigenvalue weighted by molar-refractivity contribution is 9.10. The van der Waals surface area contributed by atoms with Gasteiger partial charge >= 0.3 is 12.2 Å². The quantitative estimate of drug-likeness (QED) is 0.0336. The third-order valence-electron chi connectivity index (χ3n) is 15.9. The summed E-state index contributed by atoms with van der Waals surface area (Å²) in [5.74, 6) is -0.527. The van der Waals surface area contributed by atoms with E-state index in [-0.39, 0.29) is 59.1 Å². The molecule has 0 radical (unpaired) electrons. The van der Waals surface area contributed by atoms with Crippen LogP contribution in [-0.2, 0) is 46.8 Å². The number of H-pyrrole nitrogens is 2. The van der Waals surface area contributed by atoms with Crippen LogP contribution in [-0.4, -0.2) is 140 Å². The number of sulfonamides is 1. The van der Waals surface area contributed by atoms with Gasteiger partial charge in [-0.1, -0.05) is 58.4 Å². The summed E-state index contributed by atoms with van der Waals surface area (Å²) < 4.78 is 32.7. The molecule has 9 N–H and O–H groups in total. The average molecular weight is 1320 g/mol. The van der Waals surface area contributed by atoms with Crippen molar-refractivity contribution in [2.24, 2.45) is 29.4 Å². The number of tetrazole rings is 2. The molecule has 9 rings (SSSR count). The fourth-order valence-corrected chi connectivity index (χ4v) is 12.5. The van der Waals surface area contributed by atoms with Crippen LogP contribution in [0, 0.1) is 30.6 Å². The van der Waals surface area contributed by atoms with Crippen LogP contribution >= 0.6 is 15.9 Å². The number of carbonyl (C=O) groups is 6. The van der Waals surface area contributed by atoms with Crippen LogP contribution in [0.25, 0.3) is 33.9 Å². The van der Waals surface area contributed by atoms with Crippen LogP contribution in [0.5, 0.6) is 0 Å². The largest absolute Gasteiger partial charge is 0.465 e. The number of nitrogens with zero attached hydrogens (tertiary/aromatic N) is 8. The van der Waals surface area contributed by atoms with Crippen molar-refractivity contribution in [3.63, 3.8) is 0 Å². The Morgan fingerprint density at radius 1 is 0.711 bits per heavy atom. The Labute approximate surface area is 530 Å². The first kappa shape index (κ1) is 67.0. The van der Waals surface area contributed by atoms with Crippen molar-refractivity contribution >= 4 is 73.1 Å². The van der Waals surface area contributed by atoms with Crippen molar-refractivity contribution in [1.29, 1.82) is 0 Å². The maximum Gasteiger partial charge on any atom is 0.407 e. The lowest BCUT2D eigenvalue weighted by molar-refractivity contribution is -0.130. The number of amides is 6. The fraction of sp³-hybridized carbons (Fsp3) is 0.397. The normalized spacial score (nSPS) is 17.3. The molecule has 27 heteroatoms. The predicted molar refractivity (Wildman–Crippen MR) is 340 cm³/mol. The van der Waals surface area contributed by atoms with E-state index in [4.69, 9.17) is 15.6 Å². The van der Waals surface area contributed by atoms with Crippen molar-refractivity contribution in [2.75, 3.05) is 37.4 Å². The number of rotatable bonds is 21.